The third-order valence-corrected chi connectivity index (χ3v) is 5.84. The van der Waals surface area contributed by atoms with Gasteiger partial charge < -0.3 is 5.32 Å². The minimum Gasteiger partial charge on any atom is -0.333 e. The van der Waals surface area contributed by atoms with Gasteiger partial charge in [0.05, 0.1) is 11.8 Å². The van der Waals surface area contributed by atoms with Gasteiger partial charge in [-0.3, -0.25) is 4.79 Å². The molecule has 0 spiro atoms. The Bertz CT molecular complexity index is 671. The van der Waals surface area contributed by atoms with Gasteiger partial charge >= 0.3 is 0 Å². The van der Waals surface area contributed by atoms with Crippen LogP contribution in [0.3, 0.4) is 0 Å². The summed E-state index contributed by atoms with van der Waals surface area (Å²) in [7, 11) is 0. The van der Waals surface area contributed by atoms with Gasteiger partial charge in [-0.15, -0.1) is 0 Å². The molecule has 23 heavy (non-hydrogen) atoms. The van der Waals surface area contributed by atoms with Crippen molar-refractivity contribution in [3.8, 4) is 0 Å². The normalized spacial score (nSPS) is 27.9. The highest BCUT2D eigenvalue weighted by atomic mass is 79.9. The van der Waals surface area contributed by atoms with Crippen molar-refractivity contribution in [1.82, 2.24) is 0 Å². The second kappa shape index (κ2) is 6.88. The van der Waals surface area contributed by atoms with E-state index >= 15 is 0 Å². The molecule has 120 valence electrons. The van der Waals surface area contributed by atoms with Crippen LogP contribution in [-0.2, 0) is 4.79 Å². The highest BCUT2D eigenvalue weighted by Crippen LogP contribution is 2.33. The molecule has 0 unspecified atom stereocenters. The first-order valence-corrected chi connectivity index (χ1v) is 9.45. The topological polar surface area (TPSA) is 33.7 Å². The molecular formula is C19H20Br2NO+. The van der Waals surface area contributed by atoms with Gasteiger partial charge in [0, 0.05) is 20.1 Å². The molecule has 4 atom stereocenters. The summed E-state index contributed by atoms with van der Waals surface area (Å²) in [5, 5.41) is 2.36. The summed E-state index contributed by atoms with van der Waals surface area (Å²) >= 11 is 7.08. The SMILES string of the molecule is C[C@@H]1C(=O)[C@H](C)[C@H](c2cccc(Br)c2)[NH2+][C@H]1c1cccc(Br)c1. The summed E-state index contributed by atoms with van der Waals surface area (Å²) in [6.07, 6.45) is 0. The van der Waals surface area contributed by atoms with Crippen LogP contribution in [0.25, 0.3) is 0 Å². The van der Waals surface area contributed by atoms with E-state index in [4.69, 9.17) is 0 Å². The molecule has 0 saturated carbocycles. The lowest BCUT2D eigenvalue weighted by atomic mass is 9.76. The number of piperidine rings is 1. The second-order valence-corrected chi connectivity index (χ2v) is 8.17. The zero-order valence-corrected chi connectivity index (χ0v) is 16.3. The lowest BCUT2D eigenvalue weighted by Crippen LogP contribution is -2.91. The Kier molecular flexibility index (Phi) is 5.04. The minimum absolute atomic E-state index is 0.0164. The fourth-order valence-corrected chi connectivity index (χ4v) is 4.39. The average Bonchev–Trinajstić information content (AvgIpc) is 2.53. The Labute approximate surface area is 153 Å². The molecule has 2 N–H and O–H groups in total. The highest BCUT2D eigenvalue weighted by molar-refractivity contribution is 9.10. The Morgan fingerprint density at radius 2 is 1.26 bits per heavy atom. The molecule has 1 aliphatic rings. The summed E-state index contributed by atoms with van der Waals surface area (Å²) in [6.45, 7) is 4.11. The van der Waals surface area contributed by atoms with E-state index in [1.807, 2.05) is 24.3 Å². The van der Waals surface area contributed by atoms with Gasteiger partial charge in [0.2, 0.25) is 0 Å². The Morgan fingerprint density at radius 1 is 0.826 bits per heavy atom. The first kappa shape index (κ1) is 16.9. The third kappa shape index (κ3) is 3.44. The van der Waals surface area contributed by atoms with E-state index in [-0.39, 0.29) is 23.9 Å². The van der Waals surface area contributed by atoms with E-state index < -0.39 is 0 Å². The average molecular weight is 438 g/mol. The van der Waals surface area contributed by atoms with Crippen molar-refractivity contribution in [2.24, 2.45) is 11.8 Å². The van der Waals surface area contributed by atoms with Gasteiger partial charge in [-0.1, -0.05) is 56.1 Å². The van der Waals surface area contributed by atoms with Gasteiger partial charge in [-0.2, -0.15) is 0 Å². The third-order valence-electron chi connectivity index (χ3n) is 4.86. The molecule has 1 saturated heterocycles. The molecule has 2 nitrogen and oxygen atoms in total. The van der Waals surface area contributed by atoms with Gasteiger partial charge in [-0.05, 0) is 38.1 Å². The van der Waals surface area contributed by atoms with Crippen LogP contribution in [0.1, 0.15) is 37.1 Å². The second-order valence-electron chi connectivity index (χ2n) is 6.33. The number of quaternary nitrogens is 1. The molecule has 2 aromatic rings. The van der Waals surface area contributed by atoms with Crippen LogP contribution in [0, 0.1) is 11.8 Å². The first-order valence-electron chi connectivity index (χ1n) is 7.87. The molecule has 1 heterocycles. The summed E-state index contributed by atoms with van der Waals surface area (Å²) in [4.78, 5) is 12.8. The van der Waals surface area contributed by atoms with E-state index in [1.54, 1.807) is 0 Å². The van der Waals surface area contributed by atoms with Crippen LogP contribution < -0.4 is 5.32 Å². The lowest BCUT2D eigenvalue weighted by molar-refractivity contribution is -0.748. The molecule has 2 aromatic carbocycles. The zero-order chi connectivity index (χ0) is 16.6. The molecule has 0 bridgehead atoms. The van der Waals surface area contributed by atoms with Crippen molar-refractivity contribution >= 4 is 37.6 Å². The maximum atomic E-state index is 12.8. The maximum absolute atomic E-state index is 12.8. The molecular weight excluding hydrogens is 418 g/mol. The van der Waals surface area contributed by atoms with Crippen LogP contribution in [0.15, 0.2) is 57.5 Å². The van der Waals surface area contributed by atoms with Crippen LogP contribution in [0.2, 0.25) is 0 Å². The number of rotatable bonds is 2. The molecule has 0 amide bonds. The standard InChI is InChI=1S/C19H19Br2NO/c1-11-17(13-5-3-7-15(20)9-13)22-18(12(2)19(11)23)14-6-4-8-16(21)10-14/h3-12,17-18,22H,1-2H3/p+1/t11-,12+,17-,18-/m1/s1. The molecule has 0 radical (unpaired) electrons. The van der Waals surface area contributed by atoms with Crippen LogP contribution >= 0.6 is 31.9 Å². The van der Waals surface area contributed by atoms with Gasteiger partial charge in [0.1, 0.15) is 12.1 Å². The van der Waals surface area contributed by atoms with E-state index in [0.717, 1.165) is 8.95 Å². The number of hydrogen-bond donors (Lipinski definition) is 1. The van der Waals surface area contributed by atoms with E-state index in [1.165, 1.54) is 11.1 Å². The van der Waals surface area contributed by atoms with E-state index in [2.05, 4.69) is 75.3 Å². The highest BCUT2D eigenvalue weighted by Gasteiger charge is 2.43. The number of ketones is 1. The van der Waals surface area contributed by atoms with Crippen molar-refractivity contribution in [3.63, 3.8) is 0 Å². The summed E-state index contributed by atoms with van der Waals surface area (Å²) in [5.74, 6) is 0.382. The zero-order valence-electron chi connectivity index (χ0n) is 13.2. The Morgan fingerprint density at radius 3 is 1.65 bits per heavy atom. The Hall–Kier alpha value is -0.970. The lowest BCUT2D eigenvalue weighted by Gasteiger charge is -2.36. The molecule has 0 aliphatic carbocycles. The van der Waals surface area contributed by atoms with E-state index in [9.17, 15) is 4.79 Å². The minimum atomic E-state index is 0.0164. The number of carbonyl (C=O) groups is 1. The van der Waals surface area contributed by atoms with Crippen molar-refractivity contribution < 1.29 is 10.1 Å². The number of Topliss-reactive ketones (excluding diaryl/α,β-unsaturated/α-hetero) is 1. The molecule has 1 aliphatic heterocycles. The monoisotopic (exact) mass is 436 g/mol. The van der Waals surface area contributed by atoms with E-state index in [0.29, 0.717) is 5.78 Å². The van der Waals surface area contributed by atoms with Crippen LogP contribution in [-0.4, -0.2) is 5.78 Å². The smallest absolute Gasteiger partial charge is 0.151 e. The molecule has 4 heteroatoms. The number of halogens is 2. The molecule has 0 aromatic heterocycles. The van der Waals surface area contributed by atoms with Crippen molar-refractivity contribution in [2.75, 3.05) is 0 Å². The fraction of sp³-hybridized carbons (Fsp3) is 0.316. The summed E-state index contributed by atoms with van der Waals surface area (Å²) in [5.41, 5.74) is 2.40. The number of carbonyl (C=O) groups excluding carboxylic acids is 1. The van der Waals surface area contributed by atoms with Crippen molar-refractivity contribution in [1.29, 1.82) is 0 Å². The quantitative estimate of drug-likeness (QED) is 0.741. The number of nitrogens with two attached hydrogens (primary N) is 1. The predicted molar refractivity (Wildman–Crippen MR) is 99.0 cm³/mol. The van der Waals surface area contributed by atoms with Crippen molar-refractivity contribution in [2.45, 2.75) is 25.9 Å². The Balaban J connectivity index is 1.97. The van der Waals surface area contributed by atoms with Crippen LogP contribution in [0.4, 0.5) is 0 Å². The van der Waals surface area contributed by atoms with Gasteiger partial charge in [-0.25, -0.2) is 0 Å². The van der Waals surface area contributed by atoms with Gasteiger partial charge in [0.15, 0.2) is 5.78 Å². The summed E-state index contributed by atoms with van der Waals surface area (Å²) < 4.78 is 2.11. The number of benzene rings is 2. The largest absolute Gasteiger partial charge is 0.333 e. The maximum Gasteiger partial charge on any atom is 0.151 e. The molecule has 3 rings (SSSR count). The fourth-order valence-electron chi connectivity index (χ4n) is 3.55. The summed E-state index contributed by atoms with van der Waals surface area (Å²) in [6, 6.07) is 16.9. The van der Waals surface area contributed by atoms with Crippen molar-refractivity contribution in [3.05, 3.63) is 68.6 Å². The molecule has 1 fully saturated rings. The van der Waals surface area contributed by atoms with Gasteiger partial charge in [0.25, 0.3) is 0 Å². The predicted octanol–water partition coefficient (Wildman–Crippen LogP) is 4.41. The van der Waals surface area contributed by atoms with Crippen LogP contribution in [0.5, 0.6) is 0 Å². The number of hydrogen-bond acceptors (Lipinski definition) is 1. The first-order chi connectivity index (χ1) is 11.0.